The topological polar surface area (TPSA) is 76.1 Å². The number of carbonyl (C=O) groups is 1. The summed E-state index contributed by atoms with van der Waals surface area (Å²) in [5.74, 6) is -0.881. The summed E-state index contributed by atoms with van der Waals surface area (Å²) in [5, 5.41) is 5.82. The van der Waals surface area contributed by atoms with Crippen molar-refractivity contribution in [2.24, 2.45) is 0 Å². The van der Waals surface area contributed by atoms with Crippen molar-refractivity contribution < 1.29 is 13.9 Å². The summed E-state index contributed by atoms with van der Waals surface area (Å²) in [6.45, 7) is 0.515. The number of nitrogens with zero attached hydrogens (tertiary/aromatic N) is 2. The lowest BCUT2D eigenvalue weighted by Gasteiger charge is -2.12. The van der Waals surface area contributed by atoms with Gasteiger partial charge in [0.2, 0.25) is 5.28 Å². The van der Waals surface area contributed by atoms with Gasteiger partial charge in [0, 0.05) is 12.6 Å². The van der Waals surface area contributed by atoms with E-state index in [2.05, 4.69) is 25.3 Å². The Kier molecular flexibility index (Phi) is 3.93. The van der Waals surface area contributed by atoms with Gasteiger partial charge in [0.25, 0.3) is 0 Å². The Bertz CT molecular complexity index is 460. The number of methoxy groups -OCH3 is 1. The molecule has 0 radical (unpaired) electrons. The summed E-state index contributed by atoms with van der Waals surface area (Å²) in [6.07, 6.45) is 1.49. The lowest BCUT2D eigenvalue weighted by molar-refractivity contribution is -0.142. The standard InChI is InChI=1S/C10H12ClFN4O2/c1-18-9(17)7-2-5(3-13-7)15-8-6(12)4-14-10(11)16-8/h4-5,7,13H,2-3H2,1H3,(H,14,15,16)/t5-,7-/m0/s1. The predicted molar refractivity (Wildman–Crippen MR) is 62.8 cm³/mol. The molecule has 0 bridgehead atoms. The van der Waals surface area contributed by atoms with Gasteiger partial charge >= 0.3 is 5.97 Å². The first-order chi connectivity index (χ1) is 8.60. The normalized spacial score (nSPS) is 22.8. The van der Waals surface area contributed by atoms with E-state index in [1.807, 2.05) is 0 Å². The first kappa shape index (κ1) is 13.0. The predicted octanol–water partition coefficient (Wildman–Crippen LogP) is 0.584. The van der Waals surface area contributed by atoms with E-state index in [4.69, 9.17) is 11.6 Å². The van der Waals surface area contributed by atoms with Crippen molar-refractivity contribution in [1.82, 2.24) is 15.3 Å². The molecule has 2 N–H and O–H groups in total. The maximum absolute atomic E-state index is 13.4. The van der Waals surface area contributed by atoms with Gasteiger partial charge in [-0.05, 0) is 18.0 Å². The molecule has 6 nitrogen and oxygen atoms in total. The van der Waals surface area contributed by atoms with Gasteiger partial charge < -0.3 is 15.4 Å². The average molecular weight is 275 g/mol. The summed E-state index contributed by atoms with van der Waals surface area (Å²) >= 11 is 5.59. The number of esters is 1. The molecule has 1 saturated heterocycles. The van der Waals surface area contributed by atoms with E-state index in [-0.39, 0.29) is 29.2 Å². The van der Waals surface area contributed by atoms with Gasteiger partial charge in [0.05, 0.1) is 13.3 Å². The van der Waals surface area contributed by atoms with Crippen molar-refractivity contribution in [3.05, 3.63) is 17.3 Å². The molecule has 0 saturated carbocycles. The van der Waals surface area contributed by atoms with E-state index in [1.165, 1.54) is 7.11 Å². The van der Waals surface area contributed by atoms with Crippen molar-refractivity contribution >= 4 is 23.4 Å². The molecule has 18 heavy (non-hydrogen) atoms. The molecule has 1 aromatic heterocycles. The van der Waals surface area contributed by atoms with E-state index in [0.29, 0.717) is 13.0 Å². The van der Waals surface area contributed by atoms with Gasteiger partial charge in [-0.3, -0.25) is 4.79 Å². The molecule has 0 aromatic carbocycles. The Morgan fingerprint density at radius 3 is 3.22 bits per heavy atom. The van der Waals surface area contributed by atoms with Crippen molar-refractivity contribution in [3.8, 4) is 0 Å². The number of aromatic nitrogens is 2. The number of rotatable bonds is 3. The van der Waals surface area contributed by atoms with E-state index >= 15 is 0 Å². The zero-order valence-electron chi connectivity index (χ0n) is 9.61. The van der Waals surface area contributed by atoms with Crippen molar-refractivity contribution in [1.29, 1.82) is 0 Å². The number of anilines is 1. The summed E-state index contributed by atoms with van der Waals surface area (Å²) < 4.78 is 18.0. The second-order valence-corrected chi connectivity index (χ2v) is 4.23. The Labute approximate surface area is 108 Å². The van der Waals surface area contributed by atoms with Crippen LogP contribution in [0.15, 0.2) is 6.20 Å². The molecule has 0 unspecified atom stereocenters. The summed E-state index contributed by atoms with van der Waals surface area (Å²) in [5.41, 5.74) is 0. The minimum Gasteiger partial charge on any atom is -0.468 e. The van der Waals surface area contributed by atoms with Crippen LogP contribution in [0.4, 0.5) is 10.2 Å². The average Bonchev–Trinajstić information content (AvgIpc) is 2.81. The molecule has 2 atom stereocenters. The lowest BCUT2D eigenvalue weighted by atomic mass is 10.2. The Balaban J connectivity index is 1.99. The highest BCUT2D eigenvalue weighted by Crippen LogP contribution is 2.17. The fourth-order valence-corrected chi connectivity index (χ4v) is 1.94. The first-order valence-electron chi connectivity index (χ1n) is 5.36. The van der Waals surface area contributed by atoms with Crippen LogP contribution in [-0.4, -0.2) is 41.7 Å². The van der Waals surface area contributed by atoms with Crippen LogP contribution < -0.4 is 10.6 Å². The minimum atomic E-state index is -0.582. The third-order valence-corrected chi connectivity index (χ3v) is 2.85. The number of ether oxygens (including phenoxy) is 1. The fourth-order valence-electron chi connectivity index (χ4n) is 1.81. The highest BCUT2D eigenvalue weighted by Gasteiger charge is 2.30. The van der Waals surface area contributed by atoms with E-state index in [1.54, 1.807) is 0 Å². The maximum atomic E-state index is 13.4. The van der Waals surface area contributed by atoms with Crippen LogP contribution in [0.25, 0.3) is 0 Å². The lowest BCUT2D eigenvalue weighted by Crippen LogP contribution is -2.31. The molecule has 0 spiro atoms. The van der Waals surface area contributed by atoms with Gasteiger partial charge in [0.15, 0.2) is 11.6 Å². The van der Waals surface area contributed by atoms with E-state index in [0.717, 1.165) is 6.20 Å². The second kappa shape index (κ2) is 5.45. The molecule has 8 heteroatoms. The van der Waals surface area contributed by atoms with Gasteiger partial charge in [-0.25, -0.2) is 9.37 Å². The molecular formula is C10H12ClFN4O2. The van der Waals surface area contributed by atoms with E-state index in [9.17, 15) is 9.18 Å². The quantitative estimate of drug-likeness (QED) is 0.620. The number of hydrogen-bond donors (Lipinski definition) is 2. The van der Waals surface area contributed by atoms with Crippen LogP contribution in [0, 0.1) is 5.82 Å². The Morgan fingerprint density at radius 2 is 2.50 bits per heavy atom. The van der Waals surface area contributed by atoms with Crippen molar-refractivity contribution in [2.45, 2.75) is 18.5 Å². The molecule has 1 aliphatic rings. The van der Waals surface area contributed by atoms with Crippen LogP contribution in [0.1, 0.15) is 6.42 Å². The smallest absolute Gasteiger partial charge is 0.322 e. The highest BCUT2D eigenvalue weighted by atomic mass is 35.5. The maximum Gasteiger partial charge on any atom is 0.322 e. The zero-order chi connectivity index (χ0) is 13.1. The van der Waals surface area contributed by atoms with Crippen LogP contribution in [0.3, 0.4) is 0 Å². The Hall–Kier alpha value is -1.47. The van der Waals surface area contributed by atoms with Crippen LogP contribution in [0.5, 0.6) is 0 Å². The molecule has 2 heterocycles. The zero-order valence-corrected chi connectivity index (χ0v) is 10.4. The van der Waals surface area contributed by atoms with Gasteiger partial charge in [-0.1, -0.05) is 0 Å². The summed E-state index contributed by atoms with van der Waals surface area (Å²) in [6, 6.07) is -0.498. The fraction of sp³-hybridized carbons (Fsp3) is 0.500. The highest BCUT2D eigenvalue weighted by molar-refractivity contribution is 6.28. The first-order valence-corrected chi connectivity index (χ1v) is 5.73. The van der Waals surface area contributed by atoms with Crippen molar-refractivity contribution in [2.75, 3.05) is 19.0 Å². The van der Waals surface area contributed by atoms with Crippen molar-refractivity contribution in [3.63, 3.8) is 0 Å². The van der Waals surface area contributed by atoms with Gasteiger partial charge in [0.1, 0.15) is 6.04 Å². The number of hydrogen-bond acceptors (Lipinski definition) is 6. The SMILES string of the molecule is COC(=O)[C@@H]1C[C@H](Nc2nc(Cl)ncc2F)CN1. The van der Waals surface area contributed by atoms with Gasteiger partial charge in [-0.15, -0.1) is 0 Å². The molecule has 0 amide bonds. The summed E-state index contributed by atoms with van der Waals surface area (Å²) in [4.78, 5) is 18.6. The molecular weight excluding hydrogens is 263 g/mol. The minimum absolute atomic E-state index is 0.0330. The summed E-state index contributed by atoms with van der Waals surface area (Å²) in [7, 11) is 1.33. The monoisotopic (exact) mass is 274 g/mol. The van der Waals surface area contributed by atoms with Crippen LogP contribution in [0.2, 0.25) is 5.28 Å². The second-order valence-electron chi connectivity index (χ2n) is 3.90. The molecule has 0 aliphatic carbocycles. The molecule has 1 aromatic rings. The van der Waals surface area contributed by atoms with Gasteiger partial charge in [-0.2, -0.15) is 4.98 Å². The third kappa shape index (κ3) is 2.85. The number of halogens is 2. The number of nitrogens with one attached hydrogen (secondary N) is 2. The Morgan fingerprint density at radius 1 is 1.72 bits per heavy atom. The molecule has 1 fully saturated rings. The number of carbonyl (C=O) groups excluding carboxylic acids is 1. The van der Waals surface area contributed by atoms with Crippen LogP contribution in [-0.2, 0) is 9.53 Å². The third-order valence-electron chi connectivity index (χ3n) is 2.67. The molecule has 1 aliphatic heterocycles. The molecule has 98 valence electrons. The molecule has 2 rings (SSSR count). The van der Waals surface area contributed by atoms with Crippen LogP contribution >= 0.6 is 11.6 Å². The van der Waals surface area contributed by atoms with E-state index < -0.39 is 5.82 Å². The largest absolute Gasteiger partial charge is 0.468 e.